The van der Waals surface area contributed by atoms with E-state index in [0.717, 1.165) is 10.4 Å². The van der Waals surface area contributed by atoms with Gasteiger partial charge in [0, 0.05) is 23.5 Å². The van der Waals surface area contributed by atoms with Gasteiger partial charge in [0.1, 0.15) is 10.6 Å². The Bertz CT molecular complexity index is 887. The van der Waals surface area contributed by atoms with Gasteiger partial charge in [-0.05, 0) is 36.1 Å². The largest absolute Gasteiger partial charge is 0.495 e. The minimum Gasteiger partial charge on any atom is -0.495 e. The van der Waals surface area contributed by atoms with Gasteiger partial charge >= 0.3 is 0 Å². The molecule has 0 aliphatic carbocycles. The molecule has 0 saturated heterocycles. The molecular formula is C18H19NO4S2. The molecule has 0 radical (unpaired) electrons. The van der Waals surface area contributed by atoms with Gasteiger partial charge in [0.05, 0.1) is 19.6 Å². The maximum Gasteiger partial charge on any atom is 0.247 e. The minimum absolute atomic E-state index is 0.173. The quantitative estimate of drug-likeness (QED) is 0.599. The first kappa shape index (κ1) is 17.7. The van der Waals surface area contributed by atoms with Crippen LogP contribution in [0.3, 0.4) is 0 Å². The lowest BCUT2D eigenvalue weighted by Gasteiger charge is -2.22. The summed E-state index contributed by atoms with van der Waals surface area (Å²) in [6, 6.07) is 12.4. The van der Waals surface area contributed by atoms with Gasteiger partial charge in [-0.2, -0.15) is 4.31 Å². The Balaban J connectivity index is 1.91. The first-order valence-electron chi connectivity index (χ1n) is 7.78. The number of sulfonamides is 1. The number of para-hydroxylation sites is 1. The Morgan fingerprint density at radius 3 is 2.68 bits per heavy atom. The molecule has 0 saturated carbocycles. The molecule has 0 aliphatic rings. The molecule has 0 unspecified atom stereocenters. The van der Waals surface area contributed by atoms with Crippen LogP contribution < -0.4 is 4.74 Å². The maximum absolute atomic E-state index is 13.2. The number of benzene rings is 1. The van der Waals surface area contributed by atoms with Crippen molar-refractivity contribution < 1.29 is 17.6 Å². The molecule has 0 atom stereocenters. The second-order valence-corrected chi connectivity index (χ2v) is 8.39. The van der Waals surface area contributed by atoms with Crippen molar-refractivity contribution in [2.24, 2.45) is 0 Å². The standard InChI is InChI=1S/C18H19NO4S2/c1-22-17-6-2-3-7-18(17)25(20,21)19(13-15-9-11-23-14-15)10-8-16-5-4-12-24-16/h2-7,9,11-12,14H,8,10,13H2,1H3. The molecule has 132 valence electrons. The molecule has 0 bridgehead atoms. The zero-order valence-corrected chi connectivity index (χ0v) is 15.4. The Morgan fingerprint density at radius 2 is 2.00 bits per heavy atom. The van der Waals surface area contributed by atoms with Crippen LogP contribution in [-0.2, 0) is 23.0 Å². The first-order valence-corrected chi connectivity index (χ1v) is 10.1. The third-order valence-electron chi connectivity index (χ3n) is 3.81. The number of hydrogen-bond donors (Lipinski definition) is 0. The van der Waals surface area contributed by atoms with Gasteiger partial charge in [0.2, 0.25) is 10.0 Å². The normalized spacial score (nSPS) is 11.8. The lowest BCUT2D eigenvalue weighted by molar-refractivity contribution is 0.386. The zero-order chi connectivity index (χ0) is 17.7. The van der Waals surface area contributed by atoms with E-state index in [1.807, 2.05) is 17.5 Å². The Morgan fingerprint density at radius 1 is 1.16 bits per heavy atom. The summed E-state index contributed by atoms with van der Waals surface area (Å²) in [4.78, 5) is 1.32. The molecule has 25 heavy (non-hydrogen) atoms. The van der Waals surface area contributed by atoms with Gasteiger partial charge in [-0.25, -0.2) is 8.42 Å². The Hall–Kier alpha value is -2.09. The lowest BCUT2D eigenvalue weighted by Crippen LogP contribution is -2.32. The van der Waals surface area contributed by atoms with Crippen LogP contribution in [0.2, 0.25) is 0 Å². The summed E-state index contributed by atoms with van der Waals surface area (Å²) in [6.45, 7) is 0.633. The highest BCUT2D eigenvalue weighted by Gasteiger charge is 2.27. The van der Waals surface area contributed by atoms with E-state index in [4.69, 9.17) is 9.15 Å². The molecule has 2 aromatic heterocycles. The van der Waals surface area contributed by atoms with Crippen molar-refractivity contribution in [2.75, 3.05) is 13.7 Å². The van der Waals surface area contributed by atoms with Gasteiger partial charge in [-0.1, -0.05) is 18.2 Å². The van der Waals surface area contributed by atoms with E-state index >= 15 is 0 Å². The molecule has 0 fully saturated rings. The topological polar surface area (TPSA) is 59.8 Å². The van der Waals surface area contributed by atoms with Crippen molar-refractivity contribution in [3.63, 3.8) is 0 Å². The molecule has 3 rings (SSSR count). The van der Waals surface area contributed by atoms with E-state index in [9.17, 15) is 8.42 Å². The van der Waals surface area contributed by atoms with Crippen molar-refractivity contribution >= 4 is 21.4 Å². The Labute approximate surface area is 151 Å². The van der Waals surface area contributed by atoms with E-state index in [-0.39, 0.29) is 11.4 Å². The molecule has 5 nitrogen and oxygen atoms in total. The highest BCUT2D eigenvalue weighted by atomic mass is 32.2. The molecule has 0 amide bonds. The Kier molecular flexibility index (Phi) is 5.57. The summed E-state index contributed by atoms with van der Waals surface area (Å²) in [6.07, 6.45) is 3.77. The average molecular weight is 377 g/mol. The predicted molar refractivity (Wildman–Crippen MR) is 97.3 cm³/mol. The van der Waals surface area contributed by atoms with Crippen molar-refractivity contribution in [2.45, 2.75) is 17.9 Å². The summed E-state index contributed by atoms with van der Waals surface area (Å²) in [5.41, 5.74) is 0.810. The fourth-order valence-electron chi connectivity index (χ4n) is 2.53. The summed E-state index contributed by atoms with van der Waals surface area (Å²) in [7, 11) is -2.23. The zero-order valence-electron chi connectivity index (χ0n) is 13.8. The van der Waals surface area contributed by atoms with Gasteiger partial charge in [0.15, 0.2) is 0 Å². The average Bonchev–Trinajstić information content (AvgIpc) is 3.32. The van der Waals surface area contributed by atoms with Crippen LogP contribution in [0.4, 0.5) is 0 Å². The van der Waals surface area contributed by atoms with E-state index in [0.29, 0.717) is 18.7 Å². The smallest absolute Gasteiger partial charge is 0.247 e. The van der Waals surface area contributed by atoms with E-state index in [1.165, 1.54) is 11.4 Å². The van der Waals surface area contributed by atoms with Crippen LogP contribution >= 0.6 is 11.3 Å². The second kappa shape index (κ2) is 7.86. The number of methoxy groups -OCH3 is 1. The van der Waals surface area contributed by atoms with Crippen molar-refractivity contribution in [1.82, 2.24) is 4.31 Å². The molecule has 7 heteroatoms. The summed E-state index contributed by atoms with van der Waals surface area (Å²) < 4.78 is 38.2. The molecule has 0 N–H and O–H groups in total. The van der Waals surface area contributed by atoms with E-state index in [1.54, 1.807) is 54.2 Å². The predicted octanol–water partition coefficient (Wildman–Crippen LogP) is 3.78. The monoisotopic (exact) mass is 377 g/mol. The summed E-state index contributed by atoms with van der Waals surface area (Å²) in [5.74, 6) is 0.343. The van der Waals surface area contributed by atoms with Gasteiger partial charge in [-0.3, -0.25) is 0 Å². The van der Waals surface area contributed by atoms with Crippen LogP contribution in [0.25, 0.3) is 0 Å². The van der Waals surface area contributed by atoms with Gasteiger partial charge < -0.3 is 9.15 Å². The van der Waals surface area contributed by atoms with Crippen molar-refractivity contribution in [3.05, 3.63) is 70.8 Å². The van der Waals surface area contributed by atoms with Gasteiger partial charge in [0.25, 0.3) is 0 Å². The number of rotatable bonds is 8. The molecule has 1 aromatic carbocycles. The van der Waals surface area contributed by atoms with Crippen LogP contribution in [0.5, 0.6) is 5.75 Å². The summed E-state index contributed by atoms with van der Waals surface area (Å²) >= 11 is 1.62. The maximum atomic E-state index is 13.2. The highest BCUT2D eigenvalue weighted by Crippen LogP contribution is 2.27. The number of hydrogen-bond acceptors (Lipinski definition) is 5. The number of furan rings is 1. The molecule has 0 spiro atoms. The van der Waals surface area contributed by atoms with Crippen molar-refractivity contribution in [1.29, 1.82) is 0 Å². The third kappa shape index (κ3) is 4.12. The number of thiophene rings is 1. The van der Waals surface area contributed by atoms with Crippen LogP contribution in [0.1, 0.15) is 10.4 Å². The van der Waals surface area contributed by atoms with Gasteiger partial charge in [-0.15, -0.1) is 11.3 Å². The highest BCUT2D eigenvalue weighted by molar-refractivity contribution is 7.89. The number of nitrogens with zero attached hydrogens (tertiary/aromatic N) is 1. The van der Waals surface area contributed by atoms with Crippen LogP contribution in [0.15, 0.2) is 69.7 Å². The first-order chi connectivity index (χ1) is 12.1. The van der Waals surface area contributed by atoms with Crippen LogP contribution in [-0.4, -0.2) is 26.4 Å². The molecule has 3 aromatic rings. The molecular weight excluding hydrogens is 358 g/mol. The molecule has 0 aliphatic heterocycles. The SMILES string of the molecule is COc1ccccc1S(=O)(=O)N(CCc1cccs1)Cc1ccoc1. The second-order valence-electron chi connectivity index (χ2n) is 5.45. The fourth-order valence-corrected chi connectivity index (χ4v) is 4.81. The van der Waals surface area contributed by atoms with Crippen LogP contribution in [0, 0.1) is 0 Å². The summed E-state index contributed by atoms with van der Waals surface area (Å²) in [5, 5.41) is 1.99. The number of ether oxygens (including phenoxy) is 1. The van der Waals surface area contributed by atoms with Crippen molar-refractivity contribution in [3.8, 4) is 5.75 Å². The molecule has 2 heterocycles. The van der Waals surface area contributed by atoms with E-state index < -0.39 is 10.0 Å². The minimum atomic E-state index is -3.70. The fraction of sp³-hybridized carbons (Fsp3) is 0.222. The van der Waals surface area contributed by atoms with E-state index in [2.05, 4.69) is 0 Å². The third-order valence-corrected chi connectivity index (χ3v) is 6.63. The lowest BCUT2D eigenvalue weighted by atomic mass is 10.3.